The SMILES string of the molecule is C=C(NCCCC(=O)N/N=C\c1c[nH]c2ccccc12)c1ccccc1Cl.O. The van der Waals surface area contributed by atoms with Gasteiger partial charge in [-0.05, 0) is 18.6 Å². The van der Waals surface area contributed by atoms with Gasteiger partial charge in [-0.15, -0.1) is 0 Å². The van der Waals surface area contributed by atoms with E-state index in [1.165, 1.54) is 0 Å². The van der Waals surface area contributed by atoms with Gasteiger partial charge in [0.1, 0.15) is 0 Å². The summed E-state index contributed by atoms with van der Waals surface area (Å²) < 4.78 is 0. The van der Waals surface area contributed by atoms with Gasteiger partial charge >= 0.3 is 0 Å². The number of aromatic nitrogens is 1. The molecule has 0 fully saturated rings. The quantitative estimate of drug-likeness (QED) is 0.307. The summed E-state index contributed by atoms with van der Waals surface area (Å²) in [6.07, 6.45) is 4.55. The maximum absolute atomic E-state index is 11.9. The van der Waals surface area contributed by atoms with Crippen LogP contribution in [0.2, 0.25) is 5.02 Å². The molecule has 5 N–H and O–H groups in total. The summed E-state index contributed by atoms with van der Waals surface area (Å²) in [5.74, 6) is -0.128. The average molecular weight is 399 g/mol. The number of amides is 1. The molecule has 3 rings (SSSR count). The highest BCUT2D eigenvalue weighted by Crippen LogP contribution is 2.20. The van der Waals surface area contributed by atoms with Crippen molar-refractivity contribution in [2.45, 2.75) is 12.8 Å². The number of nitrogens with zero attached hydrogens (tertiary/aromatic N) is 1. The fourth-order valence-corrected chi connectivity index (χ4v) is 2.97. The van der Waals surface area contributed by atoms with Gasteiger partial charge in [-0.25, -0.2) is 5.43 Å². The standard InChI is InChI=1S/C21H21ClN4O.H2O/c1-15(17-7-2-4-9-19(17)22)23-12-6-11-21(27)26-25-14-16-13-24-20-10-5-3-8-18(16)20;/h2-5,7-10,13-14,23-24H,1,6,11-12H2,(H,26,27);1H2/b25-14-;. The number of benzene rings is 2. The van der Waals surface area contributed by atoms with Crippen LogP contribution in [-0.2, 0) is 4.79 Å². The lowest BCUT2D eigenvalue weighted by Crippen LogP contribution is -2.20. The molecule has 0 spiro atoms. The van der Waals surface area contributed by atoms with Gasteiger partial charge in [-0.3, -0.25) is 4.79 Å². The lowest BCUT2D eigenvalue weighted by Gasteiger charge is -2.10. The monoisotopic (exact) mass is 398 g/mol. The minimum atomic E-state index is -0.128. The number of nitrogens with one attached hydrogen (secondary N) is 3. The van der Waals surface area contributed by atoms with E-state index in [0.717, 1.165) is 27.7 Å². The molecule has 0 saturated carbocycles. The van der Waals surface area contributed by atoms with Gasteiger partial charge in [0.2, 0.25) is 5.91 Å². The van der Waals surface area contributed by atoms with Crippen LogP contribution in [0.3, 0.4) is 0 Å². The van der Waals surface area contributed by atoms with E-state index >= 15 is 0 Å². The molecule has 0 unspecified atom stereocenters. The Morgan fingerprint density at radius 3 is 2.75 bits per heavy atom. The molecule has 1 heterocycles. The Morgan fingerprint density at radius 2 is 1.93 bits per heavy atom. The number of hydrogen-bond donors (Lipinski definition) is 3. The molecule has 3 aromatic rings. The Hall–Kier alpha value is -3.09. The largest absolute Gasteiger partial charge is 0.412 e. The second kappa shape index (κ2) is 10.3. The van der Waals surface area contributed by atoms with E-state index in [1.54, 1.807) is 6.21 Å². The first-order chi connectivity index (χ1) is 13.1. The molecule has 146 valence electrons. The van der Waals surface area contributed by atoms with Crippen molar-refractivity contribution in [3.63, 3.8) is 0 Å². The van der Waals surface area contributed by atoms with E-state index in [0.29, 0.717) is 24.4 Å². The summed E-state index contributed by atoms with van der Waals surface area (Å²) >= 11 is 6.14. The lowest BCUT2D eigenvalue weighted by atomic mass is 10.1. The van der Waals surface area contributed by atoms with Crippen molar-refractivity contribution < 1.29 is 10.3 Å². The average Bonchev–Trinajstić information content (AvgIpc) is 3.09. The predicted molar refractivity (Wildman–Crippen MR) is 115 cm³/mol. The van der Waals surface area contributed by atoms with Crippen LogP contribution in [0.25, 0.3) is 16.6 Å². The van der Waals surface area contributed by atoms with Crippen molar-refractivity contribution in [3.05, 3.63) is 77.5 Å². The maximum atomic E-state index is 11.9. The fourth-order valence-electron chi connectivity index (χ4n) is 2.72. The van der Waals surface area contributed by atoms with Crippen molar-refractivity contribution >= 4 is 40.3 Å². The van der Waals surface area contributed by atoms with Crippen LogP contribution in [0.5, 0.6) is 0 Å². The molecule has 28 heavy (non-hydrogen) atoms. The first kappa shape index (κ1) is 21.2. The van der Waals surface area contributed by atoms with Crippen LogP contribution < -0.4 is 10.7 Å². The molecule has 1 aromatic heterocycles. The van der Waals surface area contributed by atoms with Crippen LogP contribution in [-0.4, -0.2) is 29.1 Å². The summed E-state index contributed by atoms with van der Waals surface area (Å²) in [5, 5.41) is 8.95. The predicted octanol–water partition coefficient (Wildman–Crippen LogP) is 3.49. The molecule has 7 heteroatoms. The molecule has 0 bridgehead atoms. The molecule has 0 aliphatic carbocycles. The molecule has 0 atom stereocenters. The zero-order valence-electron chi connectivity index (χ0n) is 15.3. The molecule has 6 nitrogen and oxygen atoms in total. The number of carbonyl (C=O) groups is 1. The second-order valence-electron chi connectivity index (χ2n) is 6.07. The number of aromatic amines is 1. The molecule has 2 aromatic carbocycles. The first-order valence-electron chi connectivity index (χ1n) is 8.71. The zero-order valence-corrected chi connectivity index (χ0v) is 16.1. The number of rotatable bonds is 8. The van der Waals surface area contributed by atoms with Crippen molar-refractivity contribution in [3.8, 4) is 0 Å². The van der Waals surface area contributed by atoms with Crippen LogP contribution in [0.4, 0.5) is 0 Å². The smallest absolute Gasteiger partial charge is 0.240 e. The third-order valence-electron chi connectivity index (χ3n) is 4.13. The van der Waals surface area contributed by atoms with Gasteiger partial charge in [-0.1, -0.05) is 54.6 Å². The number of carbonyl (C=O) groups excluding carboxylic acids is 1. The van der Waals surface area contributed by atoms with Gasteiger partial charge in [-0.2, -0.15) is 5.10 Å². The minimum absolute atomic E-state index is 0. The summed E-state index contributed by atoms with van der Waals surface area (Å²) in [7, 11) is 0. The lowest BCUT2D eigenvalue weighted by molar-refractivity contribution is -0.121. The van der Waals surface area contributed by atoms with Crippen LogP contribution >= 0.6 is 11.6 Å². The van der Waals surface area contributed by atoms with Gasteiger partial charge in [0.05, 0.1) is 6.21 Å². The van der Waals surface area contributed by atoms with Gasteiger partial charge in [0, 0.05) is 51.9 Å². The number of halogens is 1. The summed E-state index contributed by atoms with van der Waals surface area (Å²) in [4.78, 5) is 15.1. The minimum Gasteiger partial charge on any atom is -0.412 e. The van der Waals surface area contributed by atoms with Crippen molar-refractivity contribution in [1.82, 2.24) is 15.7 Å². The Labute approximate surface area is 168 Å². The van der Waals surface area contributed by atoms with E-state index in [1.807, 2.05) is 54.7 Å². The van der Waals surface area contributed by atoms with Crippen LogP contribution in [0.1, 0.15) is 24.0 Å². The number of fused-ring (bicyclic) bond motifs is 1. The van der Waals surface area contributed by atoms with E-state index in [2.05, 4.69) is 27.4 Å². The molecule has 0 aliphatic heterocycles. The highest BCUT2D eigenvalue weighted by molar-refractivity contribution is 6.32. The molecule has 0 aliphatic rings. The van der Waals surface area contributed by atoms with E-state index in [-0.39, 0.29) is 11.4 Å². The summed E-state index contributed by atoms with van der Waals surface area (Å²) in [6, 6.07) is 15.5. The summed E-state index contributed by atoms with van der Waals surface area (Å²) in [6.45, 7) is 4.61. The number of hydrazone groups is 1. The number of para-hydroxylation sites is 1. The van der Waals surface area contributed by atoms with E-state index < -0.39 is 0 Å². The van der Waals surface area contributed by atoms with E-state index in [9.17, 15) is 4.79 Å². The Bertz CT molecular complexity index is 981. The molecule has 0 radical (unpaired) electrons. The Morgan fingerprint density at radius 1 is 1.18 bits per heavy atom. The number of H-pyrrole nitrogens is 1. The second-order valence-corrected chi connectivity index (χ2v) is 6.48. The number of hydrogen-bond acceptors (Lipinski definition) is 3. The Balaban J connectivity index is 0.00000280. The van der Waals surface area contributed by atoms with Crippen LogP contribution in [0, 0.1) is 0 Å². The highest BCUT2D eigenvalue weighted by Gasteiger charge is 2.04. The fraction of sp³-hybridized carbons (Fsp3) is 0.143. The van der Waals surface area contributed by atoms with E-state index in [4.69, 9.17) is 11.6 Å². The zero-order chi connectivity index (χ0) is 19.1. The summed E-state index contributed by atoms with van der Waals surface area (Å²) in [5.41, 5.74) is 6.15. The van der Waals surface area contributed by atoms with Crippen LogP contribution in [0.15, 0.2) is 66.4 Å². The maximum Gasteiger partial charge on any atom is 0.240 e. The van der Waals surface area contributed by atoms with Gasteiger partial charge in [0.15, 0.2) is 0 Å². The van der Waals surface area contributed by atoms with Crippen molar-refractivity contribution in [2.24, 2.45) is 5.10 Å². The molecule has 0 saturated heterocycles. The van der Waals surface area contributed by atoms with Gasteiger partial charge in [0.25, 0.3) is 0 Å². The Kier molecular flexibility index (Phi) is 7.80. The normalized spacial score (nSPS) is 10.6. The molecular formula is C21H23ClN4O2. The highest BCUT2D eigenvalue weighted by atomic mass is 35.5. The third kappa shape index (κ3) is 5.45. The third-order valence-corrected chi connectivity index (χ3v) is 4.46. The van der Waals surface area contributed by atoms with Crippen molar-refractivity contribution in [1.29, 1.82) is 0 Å². The molecular weight excluding hydrogens is 376 g/mol. The topological polar surface area (TPSA) is 101 Å². The molecule has 1 amide bonds. The van der Waals surface area contributed by atoms with Gasteiger partial charge < -0.3 is 15.8 Å². The first-order valence-corrected chi connectivity index (χ1v) is 9.08. The van der Waals surface area contributed by atoms with Crippen molar-refractivity contribution in [2.75, 3.05) is 6.54 Å².